The minimum atomic E-state index is -5.43. The van der Waals surface area contributed by atoms with Crippen molar-refractivity contribution in [1.29, 1.82) is 0 Å². The largest absolute Gasteiger partial charge is 0.406 e. The number of aromatic nitrogens is 2. The molecule has 10 heteroatoms. The van der Waals surface area contributed by atoms with E-state index in [0.29, 0.717) is 30.3 Å². The molecule has 0 fully saturated rings. The summed E-state index contributed by atoms with van der Waals surface area (Å²) in [5.74, 6) is -3.17. The van der Waals surface area contributed by atoms with Gasteiger partial charge in [-0.2, -0.15) is 26.3 Å². The molecule has 3 nitrogen and oxygen atoms in total. The van der Waals surface area contributed by atoms with Crippen LogP contribution >= 0.6 is 11.3 Å². The maximum Gasteiger partial charge on any atom is 0.406 e. The van der Waals surface area contributed by atoms with Crippen LogP contribution in [0.3, 0.4) is 0 Å². The highest BCUT2D eigenvalue weighted by Gasteiger charge is 2.59. The van der Waals surface area contributed by atoms with Gasteiger partial charge in [0.05, 0.1) is 0 Å². The van der Waals surface area contributed by atoms with E-state index in [1.807, 2.05) is 13.8 Å². The predicted octanol–water partition coefficient (Wildman–Crippen LogP) is 3.53. The number of rotatable bonds is 6. The molecule has 1 heterocycles. The predicted molar refractivity (Wildman–Crippen MR) is 66.2 cm³/mol. The molecule has 0 aliphatic heterocycles. The van der Waals surface area contributed by atoms with Crippen LogP contribution in [0.1, 0.15) is 29.8 Å². The molecule has 0 aliphatic rings. The molecule has 122 valence electrons. The highest BCUT2D eigenvalue weighted by Crippen LogP contribution is 2.46. The molecule has 0 saturated heterocycles. The highest BCUT2D eigenvalue weighted by molar-refractivity contribution is 7.11. The van der Waals surface area contributed by atoms with Gasteiger partial charge in [0.25, 0.3) is 0 Å². The van der Waals surface area contributed by atoms with Crippen molar-refractivity contribution in [2.45, 2.75) is 38.5 Å². The molecule has 1 rings (SSSR count). The Bertz CT molecular complexity index is 426. The normalized spacial score (nSPS) is 13.4. The van der Waals surface area contributed by atoms with Gasteiger partial charge in [-0.3, -0.25) is 0 Å². The number of halogens is 6. The molecule has 0 radical (unpaired) electrons. The molecular weight excluding hydrogens is 320 g/mol. The summed E-state index contributed by atoms with van der Waals surface area (Å²) in [6, 6.07) is 0. The zero-order valence-corrected chi connectivity index (χ0v) is 12.2. The fraction of sp³-hybridized carbons (Fsp3) is 0.818. The minimum Gasteiger partial charge on any atom is -0.316 e. The minimum absolute atomic E-state index is 0.153. The highest BCUT2D eigenvalue weighted by atomic mass is 32.1. The summed E-state index contributed by atoms with van der Waals surface area (Å²) in [4.78, 5) is 0. The Hall–Kier alpha value is -0.900. The Morgan fingerprint density at radius 3 is 2.10 bits per heavy atom. The summed E-state index contributed by atoms with van der Waals surface area (Å²) in [7, 11) is 0. The molecule has 0 atom stereocenters. The molecular formula is C11H15F6N3S. The lowest BCUT2D eigenvalue weighted by molar-refractivity contribution is -0.253. The third-order valence-electron chi connectivity index (χ3n) is 2.45. The van der Waals surface area contributed by atoms with Crippen molar-refractivity contribution in [1.82, 2.24) is 15.5 Å². The summed E-state index contributed by atoms with van der Waals surface area (Å²) < 4.78 is 75.1. The number of nitrogens with one attached hydrogen (secondary N) is 1. The maximum atomic E-state index is 12.5. The first-order valence-electron chi connectivity index (χ1n) is 6.18. The smallest absolute Gasteiger partial charge is 0.316 e. The summed E-state index contributed by atoms with van der Waals surface area (Å²) in [5.41, 5.74) is 0. The van der Waals surface area contributed by atoms with E-state index in [4.69, 9.17) is 0 Å². The van der Waals surface area contributed by atoms with Crippen LogP contribution in [-0.2, 0) is 6.42 Å². The SMILES string of the molecule is CC(C)CNCCc1nnc(C(C(F)(F)F)C(F)(F)F)s1. The second kappa shape index (κ2) is 6.91. The summed E-state index contributed by atoms with van der Waals surface area (Å²) in [6.07, 6.45) is -10.6. The van der Waals surface area contributed by atoms with Gasteiger partial charge in [-0.15, -0.1) is 21.5 Å². The van der Waals surface area contributed by atoms with E-state index in [1.165, 1.54) is 0 Å². The van der Waals surface area contributed by atoms with Gasteiger partial charge in [0.1, 0.15) is 10.0 Å². The molecule has 0 saturated carbocycles. The maximum absolute atomic E-state index is 12.5. The Morgan fingerprint density at radius 2 is 1.62 bits per heavy atom. The third kappa shape index (κ3) is 5.77. The molecule has 1 aromatic heterocycles. The zero-order valence-electron chi connectivity index (χ0n) is 11.3. The first-order valence-corrected chi connectivity index (χ1v) is 7.00. The first-order chi connectivity index (χ1) is 9.51. The van der Waals surface area contributed by atoms with Crippen LogP contribution in [0.25, 0.3) is 0 Å². The van der Waals surface area contributed by atoms with Crippen LogP contribution < -0.4 is 5.32 Å². The molecule has 0 bridgehead atoms. The average Bonchev–Trinajstić information content (AvgIpc) is 2.68. The van der Waals surface area contributed by atoms with E-state index in [9.17, 15) is 26.3 Å². The van der Waals surface area contributed by atoms with E-state index >= 15 is 0 Å². The standard InChI is InChI=1S/C11H15F6N3S/c1-6(2)5-18-4-3-7-19-20-9(21-7)8(10(12,13)14)11(15,16)17/h6,8,18H,3-5H2,1-2H3. The number of hydrogen-bond acceptors (Lipinski definition) is 4. The van der Waals surface area contributed by atoms with Crippen molar-refractivity contribution in [3.05, 3.63) is 10.0 Å². The van der Waals surface area contributed by atoms with E-state index < -0.39 is 23.3 Å². The number of hydrogen-bond donors (Lipinski definition) is 1. The summed E-state index contributed by atoms with van der Waals surface area (Å²) in [6.45, 7) is 5.09. The molecule has 1 N–H and O–H groups in total. The second-order valence-corrected chi connectivity index (χ2v) is 5.99. The van der Waals surface area contributed by atoms with Crippen molar-refractivity contribution in [3.63, 3.8) is 0 Å². The molecule has 0 aliphatic carbocycles. The monoisotopic (exact) mass is 335 g/mol. The van der Waals surface area contributed by atoms with Gasteiger partial charge in [0.2, 0.25) is 5.92 Å². The van der Waals surface area contributed by atoms with Gasteiger partial charge < -0.3 is 5.32 Å². The van der Waals surface area contributed by atoms with Gasteiger partial charge in [0.15, 0.2) is 0 Å². The average molecular weight is 335 g/mol. The molecule has 0 aromatic carbocycles. The Kier molecular flexibility index (Phi) is 5.97. The molecule has 21 heavy (non-hydrogen) atoms. The third-order valence-corrected chi connectivity index (χ3v) is 3.50. The number of nitrogens with zero attached hydrogens (tertiary/aromatic N) is 2. The topological polar surface area (TPSA) is 37.8 Å². The van der Waals surface area contributed by atoms with Gasteiger partial charge in [-0.25, -0.2) is 0 Å². The van der Waals surface area contributed by atoms with Crippen molar-refractivity contribution in [2.24, 2.45) is 5.92 Å². The Morgan fingerprint density at radius 1 is 1.05 bits per heavy atom. The van der Waals surface area contributed by atoms with Gasteiger partial charge in [-0.05, 0) is 12.5 Å². The lowest BCUT2D eigenvalue weighted by Crippen LogP contribution is -2.34. The van der Waals surface area contributed by atoms with Crippen LogP contribution in [0.15, 0.2) is 0 Å². The van der Waals surface area contributed by atoms with E-state index in [2.05, 4.69) is 15.5 Å². The van der Waals surface area contributed by atoms with Gasteiger partial charge in [0, 0.05) is 13.0 Å². The Balaban J connectivity index is 2.72. The molecule has 0 unspecified atom stereocenters. The summed E-state index contributed by atoms with van der Waals surface area (Å²) >= 11 is 0.351. The van der Waals surface area contributed by atoms with Crippen LogP contribution in [0.4, 0.5) is 26.3 Å². The zero-order chi connectivity index (χ0) is 16.3. The lowest BCUT2D eigenvalue weighted by Gasteiger charge is -2.20. The quantitative estimate of drug-likeness (QED) is 0.638. The van der Waals surface area contributed by atoms with E-state index in [1.54, 1.807) is 0 Å². The van der Waals surface area contributed by atoms with Crippen LogP contribution in [0, 0.1) is 5.92 Å². The number of alkyl halides is 6. The van der Waals surface area contributed by atoms with E-state index in [-0.39, 0.29) is 11.4 Å². The summed E-state index contributed by atoms with van der Waals surface area (Å²) in [5, 5.41) is 8.59. The molecule has 0 spiro atoms. The fourth-order valence-electron chi connectivity index (χ4n) is 1.54. The van der Waals surface area contributed by atoms with Crippen molar-refractivity contribution < 1.29 is 26.3 Å². The Labute approximate surface area is 121 Å². The first kappa shape index (κ1) is 18.1. The second-order valence-electron chi connectivity index (χ2n) is 4.90. The van der Waals surface area contributed by atoms with Gasteiger partial charge in [-0.1, -0.05) is 13.8 Å². The van der Waals surface area contributed by atoms with Crippen molar-refractivity contribution >= 4 is 11.3 Å². The van der Waals surface area contributed by atoms with E-state index in [0.717, 1.165) is 0 Å². The van der Waals surface area contributed by atoms with Crippen LogP contribution in [0.2, 0.25) is 0 Å². The fourth-order valence-corrected chi connectivity index (χ4v) is 2.53. The van der Waals surface area contributed by atoms with Gasteiger partial charge >= 0.3 is 12.4 Å². The van der Waals surface area contributed by atoms with Crippen molar-refractivity contribution in [3.8, 4) is 0 Å². The van der Waals surface area contributed by atoms with Crippen LogP contribution in [0.5, 0.6) is 0 Å². The van der Waals surface area contributed by atoms with Crippen molar-refractivity contribution in [2.75, 3.05) is 13.1 Å². The lowest BCUT2D eigenvalue weighted by atomic mass is 10.1. The van der Waals surface area contributed by atoms with Crippen LogP contribution in [-0.4, -0.2) is 35.6 Å². The molecule has 0 amide bonds. The molecule has 1 aromatic rings.